The highest BCUT2D eigenvalue weighted by atomic mass is 35.5. The van der Waals surface area contributed by atoms with Crippen LogP contribution < -0.4 is 14.4 Å². The molecule has 3 aromatic carbocycles. The maximum Gasteiger partial charge on any atom is 0.264 e. The zero-order valence-corrected chi connectivity index (χ0v) is 25.0. The van der Waals surface area contributed by atoms with Crippen molar-refractivity contribution in [2.75, 3.05) is 18.0 Å². The lowest BCUT2D eigenvalue weighted by molar-refractivity contribution is -0.139. The number of carbonyl (C=O) groups excluding carboxylic acids is 2. The van der Waals surface area contributed by atoms with Gasteiger partial charge >= 0.3 is 0 Å². The first-order valence-electron chi connectivity index (χ1n) is 13.0. The number of anilines is 1. The number of methoxy groups -OCH3 is 1. The number of hydrogen-bond donors (Lipinski definition) is 1. The fourth-order valence-electron chi connectivity index (χ4n) is 4.02. The van der Waals surface area contributed by atoms with Gasteiger partial charge in [-0.3, -0.25) is 13.9 Å². The van der Waals surface area contributed by atoms with E-state index in [9.17, 15) is 18.0 Å². The van der Waals surface area contributed by atoms with Crippen molar-refractivity contribution in [3.8, 4) is 5.75 Å². The average molecular weight is 586 g/mol. The molecular weight excluding hydrogens is 550 g/mol. The van der Waals surface area contributed by atoms with E-state index in [1.54, 1.807) is 67.6 Å². The SMILES string of the molecule is CC[C@H](C)NC(=O)[C@@H](C)N(Cc1ccc(Cl)cc1)C(=O)CN(c1ccccc1OC)S(=O)(=O)c1ccc(C)cc1. The van der Waals surface area contributed by atoms with Gasteiger partial charge in [0.2, 0.25) is 11.8 Å². The van der Waals surface area contributed by atoms with Crippen molar-refractivity contribution in [1.82, 2.24) is 10.2 Å². The molecule has 40 heavy (non-hydrogen) atoms. The van der Waals surface area contributed by atoms with E-state index >= 15 is 0 Å². The number of para-hydroxylation sites is 2. The molecule has 0 unspecified atom stereocenters. The monoisotopic (exact) mass is 585 g/mol. The molecule has 3 rings (SSSR count). The summed E-state index contributed by atoms with van der Waals surface area (Å²) in [4.78, 5) is 28.5. The van der Waals surface area contributed by atoms with E-state index in [1.165, 1.54) is 24.1 Å². The molecule has 0 saturated carbocycles. The van der Waals surface area contributed by atoms with Crippen LogP contribution in [0.5, 0.6) is 5.75 Å². The van der Waals surface area contributed by atoms with Gasteiger partial charge in [0.25, 0.3) is 10.0 Å². The Morgan fingerprint density at radius 2 is 1.60 bits per heavy atom. The van der Waals surface area contributed by atoms with E-state index in [-0.39, 0.29) is 34.8 Å². The minimum absolute atomic E-state index is 0.0311. The Balaban J connectivity index is 2.06. The fourth-order valence-corrected chi connectivity index (χ4v) is 5.57. The van der Waals surface area contributed by atoms with Crippen LogP contribution in [-0.2, 0) is 26.2 Å². The zero-order chi connectivity index (χ0) is 29.4. The molecule has 0 saturated heterocycles. The molecule has 3 aromatic rings. The quantitative estimate of drug-likeness (QED) is 0.316. The smallest absolute Gasteiger partial charge is 0.264 e. The van der Waals surface area contributed by atoms with Gasteiger partial charge in [-0.2, -0.15) is 0 Å². The molecule has 214 valence electrons. The summed E-state index contributed by atoms with van der Waals surface area (Å²) >= 11 is 6.05. The van der Waals surface area contributed by atoms with Crippen molar-refractivity contribution >= 4 is 39.1 Å². The van der Waals surface area contributed by atoms with Gasteiger partial charge in [0.15, 0.2) is 0 Å². The summed E-state index contributed by atoms with van der Waals surface area (Å²) in [6, 6.07) is 19.0. The van der Waals surface area contributed by atoms with Crippen LogP contribution in [0, 0.1) is 6.92 Å². The lowest BCUT2D eigenvalue weighted by Crippen LogP contribution is -2.52. The molecular formula is C30H36ClN3O5S. The predicted molar refractivity (Wildman–Crippen MR) is 158 cm³/mol. The third kappa shape index (κ3) is 7.55. The number of carbonyl (C=O) groups is 2. The van der Waals surface area contributed by atoms with Gasteiger partial charge in [-0.1, -0.05) is 60.5 Å². The number of nitrogens with one attached hydrogen (secondary N) is 1. The molecule has 0 radical (unpaired) electrons. The number of aryl methyl sites for hydroxylation is 1. The summed E-state index contributed by atoms with van der Waals surface area (Å²) in [7, 11) is -2.76. The van der Waals surface area contributed by atoms with Crippen LogP contribution in [-0.4, -0.2) is 50.9 Å². The number of benzene rings is 3. The third-order valence-electron chi connectivity index (χ3n) is 6.68. The summed E-state index contributed by atoms with van der Waals surface area (Å²) in [5, 5.41) is 3.46. The topological polar surface area (TPSA) is 96.0 Å². The summed E-state index contributed by atoms with van der Waals surface area (Å²) in [5.74, 6) is -0.594. The zero-order valence-electron chi connectivity index (χ0n) is 23.4. The molecule has 0 fully saturated rings. The van der Waals surface area contributed by atoms with Gasteiger partial charge in [-0.25, -0.2) is 8.42 Å². The first kappa shape index (κ1) is 31.0. The Labute approximate surface area is 241 Å². The second-order valence-corrected chi connectivity index (χ2v) is 11.9. The normalized spacial score (nSPS) is 12.8. The van der Waals surface area contributed by atoms with Gasteiger partial charge < -0.3 is 15.0 Å². The Morgan fingerprint density at radius 1 is 0.975 bits per heavy atom. The van der Waals surface area contributed by atoms with Crippen molar-refractivity contribution in [2.45, 2.75) is 57.6 Å². The minimum Gasteiger partial charge on any atom is -0.495 e. The van der Waals surface area contributed by atoms with E-state index < -0.39 is 28.5 Å². The molecule has 0 bridgehead atoms. The fraction of sp³-hybridized carbons (Fsp3) is 0.333. The Morgan fingerprint density at radius 3 is 2.20 bits per heavy atom. The number of ether oxygens (including phenoxy) is 1. The number of halogens is 1. The van der Waals surface area contributed by atoms with Gasteiger partial charge in [-0.05, 0) is 69.2 Å². The molecule has 0 heterocycles. The Bertz CT molecular complexity index is 1410. The second kappa shape index (κ2) is 13.7. The van der Waals surface area contributed by atoms with Gasteiger partial charge in [0.1, 0.15) is 18.3 Å². The largest absolute Gasteiger partial charge is 0.495 e. The molecule has 0 aliphatic rings. The summed E-state index contributed by atoms with van der Waals surface area (Å²) in [6.07, 6.45) is 0.722. The Kier molecular flexibility index (Phi) is 10.6. The number of nitrogens with zero attached hydrogens (tertiary/aromatic N) is 2. The van der Waals surface area contributed by atoms with Gasteiger partial charge in [-0.15, -0.1) is 0 Å². The van der Waals surface area contributed by atoms with Crippen LogP contribution in [0.25, 0.3) is 0 Å². The molecule has 0 aliphatic heterocycles. The molecule has 0 aliphatic carbocycles. The molecule has 8 nitrogen and oxygen atoms in total. The molecule has 0 aromatic heterocycles. The third-order valence-corrected chi connectivity index (χ3v) is 8.70. The first-order chi connectivity index (χ1) is 19.0. The minimum atomic E-state index is -4.19. The van der Waals surface area contributed by atoms with Gasteiger partial charge in [0, 0.05) is 17.6 Å². The highest BCUT2D eigenvalue weighted by Crippen LogP contribution is 2.32. The number of sulfonamides is 1. The highest BCUT2D eigenvalue weighted by molar-refractivity contribution is 7.92. The number of rotatable bonds is 12. The lowest BCUT2D eigenvalue weighted by Gasteiger charge is -2.32. The van der Waals surface area contributed by atoms with E-state index in [0.717, 1.165) is 21.9 Å². The second-order valence-electron chi connectivity index (χ2n) is 9.64. The van der Waals surface area contributed by atoms with Crippen molar-refractivity contribution in [2.24, 2.45) is 0 Å². The molecule has 2 atom stereocenters. The first-order valence-corrected chi connectivity index (χ1v) is 14.9. The van der Waals surface area contributed by atoms with E-state index in [4.69, 9.17) is 16.3 Å². The van der Waals surface area contributed by atoms with Gasteiger partial charge in [0.05, 0.1) is 17.7 Å². The highest BCUT2D eigenvalue weighted by Gasteiger charge is 2.34. The van der Waals surface area contributed by atoms with Crippen LogP contribution in [0.2, 0.25) is 5.02 Å². The average Bonchev–Trinajstić information content (AvgIpc) is 2.95. The summed E-state index contributed by atoms with van der Waals surface area (Å²) < 4.78 is 34.4. The van der Waals surface area contributed by atoms with Crippen LogP contribution in [0.3, 0.4) is 0 Å². The molecule has 10 heteroatoms. The predicted octanol–water partition coefficient (Wildman–Crippen LogP) is 5.18. The standard InChI is InChI=1S/C30H36ClN3O5S/c1-6-22(3)32-30(36)23(4)33(19-24-13-15-25(31)16-14-24)29(35)20-34(27-9-7-8-10-28(27)39-5)40(37,38)26-17-11-21(2)12-18-26/h7-18,22-23H,6,19-20H2,1-5H3,(H,32,36)/t22-,23+/m0/s1. The number of amides is 2. The van der Waals surface area contributed by atoms with Crippen molar-refractivity contribution in [3.05, 3.63) is 88.9 Å². The van der Waals surface area contributed by atoms with Crippen LogP contribution in [0.1, 0.15) is 38.3 Å². The van der Waals surface area contributed by atoms with Crippen LogP contribution in [0.15, 0.2) is 77.7 Å². The van der Waals surface area contributed by atoms with Crippen LogP contribution in [0.4, 0.5) is 5.69 Å². The van der Waals surface area contributed by atoms with Crippen molar-refractivity contribution < 1.29 is 22.7 Å². The van der Waals surface area contributed by atoms with Crippen molar-refractivity contribution in [1.29, 1.82) is 0 Å². The molecule has 0 spiro atoms. The van der Waals surface area contributed by atoms with E-state index in [1.807, 2.05) is 20.8 Å². The maximum atomic E-state index is 14.0. The number of hydrogen-bond acceptors (Lipinski definition) is 5. The van der Waals surface area contributed by atoms with Crippen LogP contribution >= 0.6 is 11.6 Å². The summed E-state index contributed by atoms with van der Waals surface area (Å²) in [6.45, 7) is 6.85. The van der Waals surface area contributed by atoms with E-state index in [2.05, 4.69) is 5.32 Å². The lowest BCUT2D eigenvalue weighted by atomic mass is 10.1. The maximum absolute atomic E-state index is 14.0. The summed E-state index contributed by atoms with van der Waals surface area (Å²) in [5.41, 5.74) is 1.85. The van der Waals surface area contributed by atoms with Crippen molar-refractivity contribution in [3.63, 3.8) is 0 Å². The molecule has 2 amide bonds. The Hall–Kier alpha value is -3.56. The molecule has 1 N–H and O–H groups in total. The van der Waals surface area contributed by atoms with E-state index in [0.29, 0.717) is 5.02 Å².